The average Bonchev–Trinajstić information content (AvgIpc) is 2.87. The molecule has 1 fully saturated rings. The van der Waals surface area contributed by atoms with Crippen LogP contribution in [0.5, 0.6) is 0 Å². The molecular weight excluding hydrogens is 410 g/mol. The number of benzene rings is 3. The average molecular weight is 442 g/mol. The fourth-order valence-corrected chi connectivity index (χ4v) is 5.11. The standard InChI is InChI=1S/C28H31N3O2/c32-27-24-14-8-10-22-11-9-15-25(26(22)24)28(33)31(27)17-7-2-1-6-16-29-18-20-30(21-19-29)23-12-4-3-5-13-23/h3-5,8-15H,1-2,6-7,16-21H2. The number of rotatable bonds is 8. The molecule has 33 heavy (non-hydrogen) atoms. The van der Waals surface area contributed by atoms with E-state index in [2.05, 4.69) is 40.1 Å². The van der Waals surface area contributed by atoms with E-state index in [0.29, 0.717) is 17.7 Å². The molecule has 5 nitrogen and oxygen atoms in total. The molecule has 0 radical (unpaired) electrons. The summed E-state index contributed by atoms with van der Waals surface area (Å²) in [5, 5.41) is 1.76. The van der Waals surface area contributed by atoms with Crippen LogP contribution in [0.25, 0.3) is 10.8 Å². The molecule has 2 aliphatic heterocycles. The van der Waals surface area contributed by atoms with Crippen molar-refractivity contribution in [3.8, 4) is 0 Å². The van der Waals surface area contributed by atoms with Gasteiger partial charge in [0.15, 0.2) is 0 Å². The van der Waals surface area contributed by atoms with Crippen molar-refractivity contribution in [2.24, 2.45) is 0 Å². The summed E-state index contributed by atoms with van der Waals surface area (Å²) in [5.74, 6) is -0.304. The molecule has 3 aromatic carbocycles. The Bertz CT molecular complexity index is 1090. The summed E-state index contributed by atoms with van der Waals surface area (Å²) in [7, 11) is 0. The number of piperazine rings is 1. The van der Waals surface area contributed by atoms with Gasteiger partial charge in [-0.15, -0.1) is 0 Å². The third-order valence-corrected chi connectivity index (χ3v) is 6.96. The summed E-state index contributed by atoms with van der Waals surface area (Å²) >= 11 is 0. The molecule has 5 rings (SSSR count). The van der Waals surface area contributed by atoms with Gasteiger partial charge in [-0.3, -0.25) is 19.4 Å². The van der Waals surface area contributed by atoms with Crippen molar-refractivity contribution < 1.29 is 9.59 Å². The molecule has 0 aliphatic carbocycles. The van der Waals surface area contributed by atoms with Crippen LogP contribution in [0.1, 0.15) is 46.4 Å². The Morgan fingerprint density at radius 2 is 1.21 bits per heavy atom. The summed E-state index contributed by atoms with van der Waals surface area (Å²) in [6.07, 6.45) is 4.18. The Labute approximate surface area is 195 Å². The minimum absolute atomic E-state index is 0.152. The molecule has 3 aromatic rings. The summed E-state index contributed by atoms with van der Waals surface area (Å²) in [5.41, 5.74) is 2.62. The number of amides is 2. The Morgan fingerprint density at radius 1 is 0.606 bits per heavy atom. The molecular formula is C28H31N3O2. The minimum atomic E-state index is -0.152. The third kappa shape index (κ3) is 4.51. The maximum atomic E-state index is 13.0. The first kappa shape index (κ1) is 21.7. The highest BCUT2D eigenvalue weighted by Crippen LogP contribution is 2.30. The summed E-state index contributed by atoms with van der Waals surface area (Å²) in [6, 6.07) is 22.0. The number of imide groups is 1. The van der Waals surface area contributed by atoms with E-state index < -0.39 is 0 Å². The first-order chi connectivity index (χ1) is 16.2. The van der Waals surface area contributed by atoms with Gasteiger partial charge in [-0.25, -0.2) is 0 Å². The van der Waals surface area contributed by atoms with E-state index in [1.54, 1.807) is 0 Å². The second-order valence-electron chi connectivity index (χ2n) is 9.05. The van der Waals surface area contributed by atoms with Crippen molar-refractivity contribution in [1.29, 1.82) is 0 Å². The summed E-state index contributed by atoms with van der Waals surface area (Å²) in [6.45, 7) is 6.00. The predicted molar refractivity (Wildman–Crippen MR) is 133 cm³/mol. The fourth-order valence-electron chi connectivity index (χ4n) is 5.11. The van der Waals surface area contributed by atoms with Crippen molar-refractivity contribution in [3.05, 3.63) is 77.9 Å². The van der Waals surface area contributed by atoms with E-state index in [9.17, 15) is 9.59 Å². The summed E-state index contributed by atoms with van der Waals surface area (Å²) < 4.78 is 0. The zero-order chi connectivity index (χ0) is 22.6. The van der Waals surface area contributed by atoms with Crippen molar-refractivity contribution in [3.63, 3.8) is 0 Å². The maximum absolute atomic E-state index is 13.0. The third-order valence-electron chi connectivity index (χ3n) is 6.96. The lowest BCUT2D eigenvalue weighted by atomic mass is 9.94. The SMILES string of the molecule is O=C1c2cccc3cccc(c23)C(=O)N1CCCCCCN1CCN(c2ccccc2)CC1. The molecule has 0 bridgehead atoms. The highest BCUT2D eigenvalue weighted by atomic mass is 16.2. The van der Waals surface area contributed by atoms with E-state index in [1.165, 1.54) is 10.6 Å². The molecule has 0 saturated carbocycles. The molecule has 0 N–H and O–H groups in total. The van der Waals surface area contributed by atoms with Gasteiger partial charge < -0.3 is 4.90 Å². The molecule has 0 spiro atoms. The van der Waals surface area contributed by atoms with Crippen LogP contribution in [0.15, 0.2) is 66.7 Å². The maximum Gasteiger partial charge on any atom is 0.261 e. The number of nitrogens with zero attached hydrogens (tertiary/aromatic N) is 3. The van der Waals surface area contributed by atoms with Crippen LogP contribution in [0.3, 0.4) is 0 Å². The lowest BCUT2D eigenvalue weighted by molar-refractivity contribution is 0.0607. The van der Waals surface area contributed by atoms with Gasteiger partial charge in [-0.2, -0.15) is 0 Å². The topological polar surface area (TPSA) is 43.9 Å². The lowest BCUT2D eigenvalue weighted by Crippen LogP contribution is -2.46. The monoisotopic (exact) mass is 441 g/mol. The largest absolute Gasteiger partial charge is 0.369 e. The molecule has 5 heteroatoms. The second kappa shape index (κ2) is 9.75. The van der Waals surface area contributed by atoms with Crippen LogP contribution >= 0.6 is 0 Å². The molecule has 2 aliphatic rings. The Hall–Kier alpha value is -3.18. The molecule has 2 heterocycles. The van der Waals surface area contributed by atoms with Crippen LogP contribution < -0.4 is 4.90 Å². The van der Waals surface area contributed by atoms with Crippen molar-refractivity contribution in [2.45, 2.75) is 25.7 Å². The molecule has 170 valence electrons. The van der Waals surface area contributed by atoms with Crippen molar-refractivity contribution in [1.82, 2.24) is 9.80 Å². The summed E-state index contributed by atoms with van der Waals surface area (Å²) in [4.78, 5) is 32.4. The normalized spacial score (nSPS) is 16.6. The first-order valence-corrected chi connectivity index (χ1v) is 12.1. The van der Waals surface area contributed by atoms with Gasteiger partial charge in [-0.05, 0) is 49.0 Å². The van der Waals surface area contributed by atoms with Crippen molar-refractivity contribution >= 4 is 28.3 Å². The lowest BCUT2D eigenvalue weighted by Gasteiger charge is -2.36. The van der Waals surface area contributed by atoms with E-state index in [-0.39, 0.29) is 11.8 Å². The van der Waals surface area contributed by atoms with E-state index in [1.807, 2.05) is 36.4 Å². The van der Waals surface area contributed by atoms with Crippen LogP contribution in [0.2, 0.25) is 0 Å². The van der Waals surface area contributed by atoms with E-state index in [4.69, 9.17) is 0 Å². The van der Waals surface area contributed by atoms with Gasteiger partial charge in [0.25, 0.3) is 11.8 Å². The Morgan fingerprint density at radius 3 is 1.85 bits per heavy atom. The quantitative estimate of drug-likeness (QED) is 0.371. The smallest absolute Gasteiger partial charge is 0.261 e. The predicted octanol–water partition coefficient (Wildman–Crippen LogP) is 4.82. The van der Waals surface area contributed by atoms with E-state index >= 15 is 0 Å². The number of carbonyl (C=O) groups is 2. The Balaban J connectivity index is 1.05. The van der Waals surface area contributed by atoms with Gasteiger partial charge in [0.2, 0.25) is 0 Å². The number of hydrogen-bond donors (Lipinski definition) is 0. The zero-order valence-electron chi connectivity index (χ0n) is 19.1. The van der Waals surface area contributed by atoms with Gasteiger partial charge in [0.1, 0.15) is 0 Å². The minimum Gasteiger partial charge on any atom is -0.369 e. The Kier molecular flexibility index (Phi) is 6.40. The molecule has 1 saturated heterocycles. The van der Waals surface area contributed by atoms with Gasteiger partial charge >= 0.3 is 0 Å². The fraction of sp³-hybridized carbons (Fsp3) is 0.357. The van der Waals surface area contributed by atoms with Crippen molar-refractivity contribution in [2.75, 3.05) is 44.2 Å². The van der Waals surface area contributed by atoms with Crippen LogP contribution in [0.4, 0.5) is 5.69 Å². The molecule has 0 atom stereocenters. The molecule has 0 unspecified atom stereocenters. The molecule has 0 aromatic heterocycles. The number of carbonyl (C=O) groups excluding carboxylic acids is 2. The van der Waals surface area contributed by atoms with Gasteiger partial charge in [0.05, 0.1) is 0 Å². The first-order valence-electron chi connectivity index (χ1n) is 12.1. The van der Waals surface area contributed by atoms with Gasteiger partial charge in [0, 0.05) is 54.9 Å². The highest BCUT2D eigenvalue weighted by molar-refractivity contribution is 6.25. The highest BCUT2D eigenvalue weighted by Gasteiger charge is 2.32. The van der Waals surface area contributed by atoms with Crippen LogP contribution in [-0.4, -0.2) is 60.9 Å². The number of anilines is 1. The van der Waals surface area contributed by atoms with Gasteiger partial charge in [-0.1, -0.05) is 55.3 Å². The van der Waals surface area contributed by atoms with Crippen LogP contribution in [-0.2, 0) is 0 Å². The zero-order valence-corrected chi connectivity index (χ0v) is 19.1. The van der Waals surface area contributed by atoms with Crippen LogP contribution in [0, 0.1) is 0 Å². The number of hydrogen-bond acceptors (Lipinski definition) is 4. The number of para-hydroxylation sites is 1. The number of unbranched alkanes of at least 4 members (excludes halogenated alkanes) is 3. The molecule has 2 amide bonds. The second-order valence-corrected chi connectivity index (χ2v) is 9.05. The van der Waals surface area contributed by atoms with E-state index in [0.717, 1.165) is 69.2 Å².